The van der Waals surface area contributed by atoms with Gasteiger partial charge in [0.05, 0.1) is 4.90 Å². The molecule has 1 aromatic rings. The molecule has 1 aliphatic rings. The molecule has 0 bridgehead atoms. The number of aliphatic carboxylic acids is 1. The molecular weight excluding hydrogens is 342 g/mol. The Hall–Kier alpha value is -1.89. The Morgan fingerprint density at radius 1 is 1.20 bits per heavy atom. The Kier molecular flexibility index (Phi) is 5.87. The molecule has 1 unspecified atom stereocenters. The number of hydrogen-bond acceptors (Lipinski definition) is 4. The van der Waals surface area contributed by atoms with E-state index in [1.807, 2.05) is 13.8 Å². The topological polar surface area (TPSA) is 101 Å². The van der Waals surface area contributed by atoms with Crippen molar-refractivity contribution in [2.75, 3.05) is 0 Å². The summed E-state index contributed by atoms with van der Waals surface area (Å²) >= 11 is 0. The van der Waals surface area contributed by atoms with Gasteiger partial charge in [-0.1, -0.05) is 43.9 Å². The number of carbonyl (C=O) groups is 2. The lowest BCUT2D eigenvalue weighted by molar-refractivity contribution is -0.142. The minimum absolute atomic E-state index is 0.109. The number of carboxylic acids is 1. The van der Waals surface area contributed by atoms with Crippen molar-refractivity contribution < 1.29 is 23.1 Å². The van der Waals surface area contributed by atoms with Crippen LogP contribution in [-0.2, 0) is 19.4 Å². The van der Waals surface area contributed by atoms with Crippen molar-refractivity contribution in [1.29, 1.82) is 0 Å². The number of aryl methyl sites for hydroxylation is 1. The van der Waals surface area contributed by atoms with Gasteiger partial charge in [0.1, 0.15) is 6.04 Å². The quantitative estimate of drug-likeness (QED) is 0.771. The summed E-state index contributed by atoms with van der Waals surface area (Å²) in [5.41, 5.74) is 0.928. The lowest BCUT2D eigenvalue weighted by atomic mass is 10.0. The van der Waals surface area contributed by atoms with Crippen molar-refractivity contribution in [3.63, 3.8) is 0 Å². The maximum atomic E-state index is 13.2. The Morgan fingerprint density at radius 3 is 2.24 bits per heavy atom. The fourth-order valence-corrected chi connectivity index (χ4v) is 5.42. The van der Waals surface area contributed by atoms with Crippen molar-refractivity contribution in [3.05, 3.63) is 29.8 Å². The Bertz CT molecular complexity index is 733. The van der Waals surface area contributed by atoms with Gasteiger partial charge in [-0.3, -0.25) is 4.79 Å². The third kappa shape index (κ3) is 3.71. The van der Waals surface area contributed by atoms with E-state index in [0.29, 0.717) is 19.3 Å². The van der Waals surface area contributed by atoms with Gasteiger partial charge in [0.15, 0.2) is 14.6 Å². The summed E-state index contributed by atoms with van der Waals surface area (Å²) in [6, 6.07) is 5.36. The van der Waals surface area contributed by atoms with Crippen LogP contribution in [-0.4, -0.2) is 36.2 Å². The van der Waals surface area contributed by atoms with Gasteiger partial charge < -0.3 is 10.4 Å². The predicted molar refractivity (Wildman–Crippen MR) is 94.0 cm³/mol. The average Bonchev–Trinajstić information content (AvgIpc) is 3.06. The van der Waals surface area contributed by atoms with Crippen molar-refractivity contribution in [2.45, 2.75) is 68.1 Å². The predicted octanol–water partition coefficient (Wildman–Crippen LogP) is 2.45. The maximum Gasteiger partial charge on any atom is 0.326 e. The molecule has 0 heterocycles. The number of rotatable bonds is 7. The van der Waals surface area contributed by atoms with Gasteiger partial charge in [-0.15, -0.1) is 0 Å². The second kappa shape index (κ2) is 7.56. The number of carbonyl (C=O) groups excluding carboxylic acids is 1. The van der Waals surface area contributed by atoms with Crippen molar-refractivity contribution >= 4 is 21.7 Å². The van der Waals surface area contributed by atoms with Gasteiger partial charge in [-0.25, -0.2) is 13.2 Å². The minimum Gasteiger partial charge on any atom is -0.480 e. The Labute approximate surface area is 148 Å². The maximum absolute atomic E-state index is 13.2. The van der Waals surface area contributed by atoms with E-state index in [1.165, 1.54) is 12.1 Å². The van der Waals surface area contributed by atoms with Gasteiger partial charge >= 0.3 is 5.97 Å². The lowest BCUT2D eigenvalue weighted by Crippen LogP contribution is -2.54. The molecule has 0 spiro atoms. The highest BCUT2D eigenvalue weighted by Gasteiger charge is 2.53. The summed E-state index contributed by atoms with van der Waals surface area (Å²) in [7, 11) is -3.91. The summed E-state index contributed by atoms with van der Waals surface area (Å²) in [5, 5.41) is 11.7. The standard InChI is InChI=1S/C18H25NO5S/c1-3-6-15(16(20)21)19-17(22)18(11-4-5-12-18)25(23,24)14-9-7-13(2)8-10-14/h7-10,15H,3-6,11-12H2,1-2H3,(H,19,22)(H,20,21). The van der Waals surface area contributed by atoms with Gasteiger partial charge in [0, 0.05) is 0 Å². The summed E-state index contributed by atoms with van der Waals surface area (Å²) in [4.78, 5) is 24.3. The molecule has 1 atom stereocenters. The zero-order valence-corrected chi connectivity index (χ0v) is 15.4. The number of sulfone groups is 1. The van der Waals surface area contributed by atoms with Crippen LogP contribution in [0.5, 0.6) is 0 Å². The third-order valence-corrected chi connectivity index (χ3v) is 7.37. The first-order valence-electron chi connectivity index (χ1n) is 8.59. The third-order valence-electron chi connectivity index (χ3n) is 4.85. The fraction of sp³-hybridized carbons (Fsp3) is 0.556. The molecule has 0 radical (unpaired) electrons. The molecule has 6 nitrogen and oxygen atoms in total. The summed E-state index contributed by atoms with van der Waals surface area (Å²) in [6.07, 6.45) is 2.53. The van der Waals surface area contributed by atoms with Crippen molar-refractivity contribution in [1.82, 2.24) is 5.32 Å². The van der Waals surface area contributed by atoms with Gasteiger partial charge in [0.25, 0.3) is 0 Å². The second-order valence-corrected chi connectivity index (χ2v) is 8.93. The summed E-state index contributed by atoms with van der Waals surface area (Å²) in [5.74, 6) is -1.83. The van der Waals surface area contributed by atoms with E-state index in [4.69, 9.17) is 0 Å². The van der Waals surface area contributed by atoms with Crippen LogP contribution in [0.2, 0.25) is 0 Å². The van der Waals surface area contributed by atoms with E-state index in [9.17, 15) is 23.1 Å². The first-order valence-corrected chi connectivity index (χ1v) is 10.1. The SMILES string of the molecule is CCCC(NC(=O)C1(S(=O)(=O)c2ccc(C)cc2)CCCC1)C(=O)O. The summed E-state index contributed by atoms with van der Waals surface area (Å²) in [6.45, 7) is 3.67. The van der Waals surface area contributed by atoms with Crippen LogP contribution in [0.4, 0.5) is 0 Å². The zero-order valence-electron chi connectivity index (χ0n) is 14.6. The molecule has 0 aromatic heterocycles. The molecule has 1 amide bonds. The van der Waals surface area contributed by atoms with Crippen LogP contribution < -0.4 is 5.32 Å². The molecule has 1 fully saturated rings. The van der Waals surface area contributed by atoms with Crippen LogP contribution in [0.15, 0.2) is 29.2 Å². The highest BCUT2D eigenvalue weighted by Crippen LogP contribution is 2.41. The van der Waals surface area contributed by atoms with Crippen LogP contribution in [0.25, 0.3) is 0 Å². The average molecular weight is 367 g/mol. The molecule has 1 saturated carbocycles. The highest BCUT2D eigenvalue weighted by molar-refractivity contribution is 7.93. The van der Waals surface area contributed by atoms with Crippen LogP contribution in [0.3, 0.4) is 0 Å². The fourth-order valence-electron chi connectivity index (χ4n) is 3.34. The van der Waals surface area contributed by atoms with E-state index >= 15 is 0 Å². The highest BCUT2D eigenvalue weighted by atomic mass is 32.2. The monoisotopic (exact) mass is 367 g/mol. The molecule has 7 heteroatoms. The number of benzene rings is 1. The van der Waals surface area contributed by atoms with E-state index in [2.05, 4.69) is 5.32 Å². The number of nitrogens with one attached hydrogen (secondary N) is 1. The van der Waals surface area contributed by atoms with E-state index in [-0.39, 0.29) is 24.2 Å². The smallest absolute Gasteiger partial charge is 0.326 e. The molecule has 138 valence electrons. The van der Waals surface area contributed by atoms with Gasteiger partial charge in [0.2, 0.25) is 5.91 Å². The van der Waals surface area contributed by atoms with Crippen LogP contribution in [0.1, 0.15) is 51.0 Å². The number of amides is 1. The molecule has 0 saturated heterocycles. The number of hydrogen-bond donors (Lipinski definition) is 2. The molecule has 1 aliphatic carbocycles. The Morgan fingerprint density at radius 2 is 1.76 bits per heavy atom. The number of carboxylic acid groups (broad SMARTS) is 1. The lowest BCUT2D eigenvalue weighted by Gasteiger charge is -2.29. The molecular formula is C18H25NO5S. The van der Waals surface area contributed by atoms with Crippen molar-refractivity contribution in [2.24, 2.45) is 0 Å². The summed E-state index contributed by atoms with van der Waals surface area (Å²) < 4.78 is 24.8. The van der Waals surface area contributed by atoms with Crippen LogP contribution in [0, 0.1) is 6.92 Å². The molecule has 2 N–H and O–H groups in total. The first-order chi connectivity index (χ1) is 11.7. The van der Waals surface area contributed by atoms with Crippen LogP contribution >= 0.6 is 0 Å². The largest absolute Gasteiger partial charge is 0.480 e. The van der Waals surface area contributed by atoms with Crippen molar-refractivity contribution in [3.8, 4) is 0 Å². The van der Waals surface area contributed by atoms with E-state index in [0.717, 1.165) is 5.56 Å². The van der Waals surface area contributed by atoms with E-state index in [1.54, 1.807) is 12.1 Å². The zero-order chi connectivity index (χ0) is 18.7. The van der Waals surface area contributed by atoms with Gasteiger partial charge in [-0.05, 0) is 38.3 Å². The Balaban J connectivity index is 2.39. The first kappa shape index (κ1) is 19.4. The molecule has 0 aliphatic heterocycles. The molecule has 1 aromatic carbocycles. The molecule has 2 rings (SSSR count). The second-order valence-electron chi connectivity index (χ2n) is 6.67. The normalized spacial score (nSPS) is 17.8. The van der Waals surface area contributed by atoms with Gasteiger partial charge in [-0.2, -0.15) is 0 Å². The minimum atomic E-state index is -3.91. The molecule has 25 heavy (non-hydrogen) atoms. The van der Waals surface area contributed by atoms with E-state index < -0.39 is 32.5 Å².